The average molecular weight is 253 g/mol. The van der Waals surface area contributed by atoms with E-state index in [9.17, 15) is 0 Å². The summed E-state index contributed by atoms with van der Waals surface area (Å²) in [6.45, 7) is 0.715. The van der Waals surface area contributed by atoms with Crippen molar-refractivity contribution in [3.8, 4) is 0 Å². The Labute approximate surface area is 107 Å². The topological polar surface area (TPSA) is 47.1 Å². The van der Waals surface area contributed by atoms with Crippen molar-refractivity contribution < 1.29 is 0 Å². The van der Waals surface area contributed by atoms with Crippen LogP contribution in [0.25, 0.3) is 0 Å². The minimum atomic E-state index is 0. The molecule has 4 nitrogen and oxygen atoms in total. The number of hydrogen-bond donors (Lipinski definition) is 1. The van der Waals surface area contributed by atoms with E-state index in [1.807, 2.05) is 14.1 Å². The quantitative estimate of drug-likeness (QED) is 0.909. The minimum absolute atomic E-state index is 0. The van der Waals surface area contributed by atoms with Gasteiger partial charge in [-0.05, 0) is 23.8 Å². The molecule has 0 saturated carbocycles. The van der Waals surface area contributed by atoms with Gasteiger partial charge in [0, 0.05) is 19.8 Å². The molecule has 0 atom stereocenters. The molecule has 0 unspecified atom stereocenters. The van der Waals surface area contributed by atoms with Crippen LogP contribution in [0.5, 0.6) is 0 Å². The Bertz CT molecular complexity index is 462. The van der Waals surface area contributed by atoms with E-state index in [0.29, 0.717) is 12.4 Å². The Morgan fingerprint density at radius 3 is 2.29 bits per heavy atom. The molecule has 0 aliphatic carbocycles. The first-order chi connectivity index (χ1) is 7.66. The summed E-state index contributed by atoms with van der Waals surface area (Å²) in [6, 6.07) is 10.2. The van der Waals surface area contributed by atoms with Gasteiger partial charge in [0.05, 0.1) is 12.7 Å². The number of nitrogen functional groups attached to an aromatic ring is 1. The van der Waals surface area contributed by atoms with E-state index in [2.05, 4.69) is 34.3 Å². The Morgan fingerprint density at radius 1 is 1.18 bits per heavy atom. The fourth-order valence-corrected chi connectivity index (χ4v) is 1.55. The first-order valence-corrected chi connectivity index (χ1v) is 5.20. The van der Waals surface area contributed by atoms with Gasteiger partial charge in [0.15, 0.2) is 0 Å². The third kappa shape index (κ3) is 3.14. The van der Waals surface area contributed by atoms with Crippen LogP contribution in [0.4, 0.5) is 11.5 Å². The maximum Gasteiger partial charge on any atom is 0.122 e. The number of anilines is 2. The largest absolute Gasteiger partial charge is 0.384 e. The second-order valence-corrected chi connectivity index (χ2v) is 3.97. The lowest BCUT2D eigenvalue weighted by molar-refractivity contribution is 0.697. The Hall–Kier alpha value is -1.68. The molecule has 2 N–H and O–H groups in total. The Morgan fingerprint density at radius 2 is 1.82 bits per heavy atom. The number of nitrogens with zero attached hydrogens (tertiary/aromatic N) is 3. The second-order valence-electron chi connectivity index (χ2n) is 3.97. The van der Waals surface area contributed by atoms with Gasteiger partial charge in [-0.15, -0.1) is 12.4 Å². The second kappa shape index (κ2) is 5.59. The van der Waals surface area contributed by atoms with Crippen LogP contribution in [-0.2, 0) is 6.54 Å². The van der Waals surface area contributed by atoms with Gasteiger partial charge in [0.1, 0.15) is 5.82 Å². The van der Waals surface area contributed by atoms with E-state index < -0.39 is 0 Å². The molecule has 1 heterocycles. The number of nitrogens with two attached hydrogens (primary N) is 1. The molecule has 0 amide bonds. The number of benzene rings is 1. The predicted molar refractivity (Wildman–Crippen MR) is 73.8 cm³/mol. The van der Waals surface area contributed by atoms with Crippen molar-refractivity contribution in [1.82, 2.24) is 9.78 Å². The molecule has 0 spiro atoms. The number of aromatic nitrogens is 2. The summed E-state index contributed by atoms with van der Waals surface area (Å²) < 4.78 is 1.78. The number of halogens is 1. The summed E-state index contributed by atoms with van der Waals surface area (Å²) in [5, 5.41) is 4.15. The lowest BCUT2D eigenvalue weighted by atomic mass is 10.2. The molecule has 1 aromatic heterocycles. The zero-order valence-corrected chi connectivity index (χ0v) is 10.8. The van der Waals surface area contributed by atoms with Crippen LogP contribution in [0.1, 0.15) is 5.56 Å². The van der Waals surface area contributed by atoms with Crippen LogP contribution < -0.4 is 10.6 Å². The summed E-state index contributed by atoms with van der Waals surface area (Å²) in [6.07, 6.45) is 1.71. The van der Waals surface area contributed by atoms with Crippen LogP contribution >= 0.6 is 12.4 Å². The predicted octanol–water partition coefficient (Wildman–Crippen LogP) is 2.00. The van der Waals surface area contributed by atoms with Crippen molar-refractivity contribution in [1.29, 1.82) is 0 Å². The molecule has 0 radical (unpaired) electrons. The lowest BCUT2D eigenvalue weighted by Crippen LogP contribution is -2.09. The fraction of sp³-hybridized carbons (Fsp3) is 0.250. The highest BCUT2D eigenvalue weighted by molar-refractivity contribution is 5.85. The molecular weight excluding hydrogens is 236 g/mol. The third-order valence-electron chi connectivity index (χ3n) is 2.53. The van der Waals surface area contributed by atoms with Gasteiger partial charge in [-0.3, -0.25) is 0 Å². The van der Waals surface area contributed by atoms with Crippen LogP contribution in [0.3, 0.4) is 0 Å². The molecule has 2 aromatic rings. The minimum Gasteiger partial charge on any atom is -0.384 e. The Kier molecular flexibility index (Phi) is 4.40. The van der Waals surface area contributed by atoms with Crippen molar-refractivity contribution in [3.05, 3.63) is 42.1 Å². The molecule has 2 rings (SSSR count). The Balaban J connectivity index is 0.00000144. The monoisotopic (exact) mass is 252 g/mol. The lowest BCUT2D eigenvalue weighted by Gasteiger charge is -2.12. The van der Waals surface area contributed by atoms with Crippen molar-refractivity contribution in [2.24, 2.45) is 0 Å². The van der Waals surface area contributed by atoms with Gasteiger partial charge in [0.25, 0.3) is 0 Å². The first-order valence-electron chi connectivity index (χ1n) is 5.20. The molecule has 5 heteroatoms. The van der Waals surface area contributed by atoms with Gasteiger partial charge < -0.3 is 10.6 Å². The van der Waals surface area contributed by atoms with Crippen molar-refractivity contribution in [3.63, 3.8) is 0 Å². The molecule has 0 fully saturated rings. The van der Waals surface area contributed by atoms with Gasteiger partial charge in [-0.2, -0.15) is 5.10 Å². The van der Waals surface area contributed by atoms with Gasteiger partial charge in [-0.25, -0.2) is 4.68 Å². The van der Waals surface area contributed by atoms with Crippen LogP contribution in [0, 0.1) is 0 Å². The van der Waals surface area contributed by atoms with E-state index in [1.165, 1.54) is 11.3 Å². The SMILES string of the molecule is CN(C)c1ccc(Cn2nccc2N)cc1.Cl. The molecule has 1 aromatic carbocycles. The molecule has 0 saturated heterocycles. The maximum absolute atomic E-state index is 5.76. The third-order valence-corrected chi connectivity index (χ3v) is 2.53. The summed E-state index contributed by atoms with van der Waals surface area (Å²) in [5.74, 6) is 0.691. The van der Waals surface area contributed by atoms with Crippen molar-refractivity contribution in [2.75, 3.05) is 24.7 Å². The normalized spacial score (nSPS) is 9.76. The molecule has 17 heavy (non-hydrogen) atoms. The van der Waals surface area contributed by atoms with Gasteiger partial charge in [0.2, 0.25) is 0 Å². The van der Waals surface area contributed by atoms with Crippen LogP contribution in [0.15, 0.2) is 36.5 Å². The summed E-state index contributed by atoms with van der Waals surface area (Å²) in [7, 11) is 4.06. The van der Waals surface area contributed by atoms with E-state index in [4.69, 9.17) is 5.73 Å². The molecule has 0 aliphatic rings. The molecule has 0 aliphatic heterocycles. The summed E-state index contributed by atoms with van der Waals surface area (Å²) in [5.41, 5.74) is 8.15. The van der Waals surface area contributed by atoms with E-state index in [1.54, 1.807) is 16.9 Å². The number of hydrogen-bond acceptors (Lipinski definition) is 3. The molecule has 0 bridgehead atoms. The molecular formula is C12H17ClN4. The highest BCUT2D eigenvalue weighted by atomic mass is 35.5. The van der Waals surface area contributed by atoms with E-state index >= 15 is 0 Å². The first kappa shape index (κ1) is 13.4. The number of rotatable bonds is 3. The average Bonchev–Trinajstić information content (AvgIpc) is 2.65. The fourth-order valence-electron chi connectivity index (χ4n) is 1.55. The summed E-state index contributed by atoms with van der Waals surface area (Å²) in [4.78, 5) is 2.08. The summed E-state index contributed by atoms with van der Waals surface area (Å²) >= 11 is 0. The van der Waals surface area contributed by atoms with Gasteiger partial charge in [-0.1, -0.05) is 12.1 Å². The van der Waals surface area contributed by atoms with Crippen molar-refractivity contribution >= 4 is 23.9 Å². The van der Waals surface area contributed by atoms with Crippen LogP contribution in [-0.4, -0.2) is 23.9 Å². The smallest absolute Gasteiger partial charge is 0.122 e. The zero-order valence-electron chi connectivity index (χ0n) is 10.00. The zero-order chi connectivity index (χ0) is 11.5. The highest BCUT2D eigenvalue weighted by Gasteiger charge is 2.00. The van der Waals surface area contributed by atoms with Crippen LogP contribution in [0.2, 0.25) is 0 Å². The van der Waals surface area contributed by atoms with Crippen molar-refractivity contribution in [2.45, 2.75) is 6.54 Å². The van der Waals surface area contributed by atoms with Gasteiger partial charge >= 0.3 is 0 Å². The van der Waals surface area contributed by atoms with E-state index in [-0.39, 0.29) is 12.4 Å². The standard InChI is InChI=1S/C12H16N4.ClH/c1-15(2)11-5-3-10(4-6-11)9-16-12(13)7-8-14-16;/h3-8H,9,13H2,1-2H3;1H. The molecule has 92 valence electrons. The highest BCUT2D eigenvalue weighted by Crippen LogP contribution is 2.13. The maximum atomic E-state index is 5.76. The van der Waals surface area contributed by atoms with E-state index in [0.717, 1.165) is 0 Å².